The van der Waals surface area contributed by atoms with Gasteiger partial charge in [0.05, 0.1) is 23.3 Å². The lowest BCUT2D eigenvalue weighted by Gasteiger charge is -2.12. The molecule has 24 heavy (non-hydrogen) atoms. The normalized spacial score (nSPS) is 11.2. The highest BCUT2D eigenvalue weighted by atomic mass is 32.2. The Hall–Kier alpha value is -2.48. The van der Waals surface area contributed by atoms with Crippen molar-refractivity contribution in [2.24, 2.45) is 0 Å². The summed E-state index contributed by atoms with van der Waals surface area (Å²) in [4.78, 5) is 11.4. The topological polar surface area (TPSA) is 72.5 Å². The molecule has 1 N–H and O–H groups in total. The van der Waals surface area contributed by atoms with Crippen molar-refractivity contribution in [1.82, 2.24) is 0 Å². The zero-order valence-electron chi connectivity index (χ0n) is 13.2. The van der Waals surface area contributed by atoms with Gasteiger partial charge < -0.3 is 4.74 Å². The Kier molecular flexibility index (Phi) is 4.88. The zero-order valence-corrected chi connectivity index (χ0v) is 14.0. The number of anilines is 1. The molecule has 0 radical (unpaired) electrons. The van der Waals surface area contributed by atoms with Gasteiger partial charge in [-0.2, -0.15) is 0 Å². The van der Waals surface area contributed by atoms with Crippen molar-refractivity contribution < 1.29 is 26.7 Å². The van der Waals surface area contributed by atoms with Crippen LogP contribution in [0.15, 0.2) is 35.2 Å². The van der Waals surface area contributed by atoms with E-state index in [1.807, 2.05) is 11.6 Å². The van der Waals surface area contributed by atoms with Gasteiger partial charge in [-0.3, -0.25) is 4.72 Å². The molecule has 0 unspecified atom stereocenters. The first-order valence-electron chi connectivity index (χ1n) is 6.83. The van der Waals surface area contributed by atoms with Gasteiger partial charge in [0.15, 0.2) is 0 Å². The summed E-state index contributed by atoms with van der Waals surface area (Å²) in [5, 5.41) is 0. The minimum Gasteiger partial charge on any atom is -0.465 e. The molecule has 2 aromatic rings. The van der Waals surface area contributed by atoms with E-state index in [-0.39, 0.29) is 4.90 Å². The van der Waals surface area contributed by atoms with Crippen LogP contribution in [-0.4, -0.2) is 21.5 Å². The van der Waals surface area contributed by atoms with Crippen LogP contribution in [-0.2, 0) is 14.8 Å². The molecular weight excluding hydrogens is 340 g/mol. The van der Waals surface area contributed by atoms with E-state index in [0.29, 0.717) is 6.07 Å². The van der Waals surface area contributed by atoms with Crippen LogP contribution >= 0.6 is 0 Å². The summed E-state index contributed by atoms with van der Waals surface area (Å²) in [6.45, 7) is 3.56. The van der Waals surface area contributed by atoms with Gasteiger partial charge in [0.25, 0.3) is 10.0 Å². The average Bonchev–Trinajstić information content (AvgIpc) is 2.51. The van der Waals surface area contributed by atoms with E-state index in [4.69, 9.17) is 0 Å². The van der Waals surface area contributed by atoms with Crippen molar-refractivity contribution in [3.63, 3.8) is 0 Å². The van der Waals surface area contributed by atoms with Crippen LogP contribution in [0, 0.1) is 25.5 Å². The van der Waals surface area contributed by atoms with E-state index in [9.17, 15) is 22.0 Å². The standard InChI is InChI=1S/C16H15F2NO4S/c1-9-4-5-11(6-10(9)2)24(21,22)19-15-7-12(16(20)23-3)13(17)8-14(15)18/h4-8,19H,1-3H3. The quantitative estimate of drug-likeness (QED) is 0.855. The summed E-state index contributed by atoms with van der Waals surface area (Å²) in [6, 6.07) is 5.60. The number of sulfonamides is 1. The molecule has 2 rings (SSSR count). The van der Waals surface area contributed by atoms with Gasteiger partial charge in [0.2, 0.25) is 0 Å². The zero-order chi connectivity index (χ0) is 18.1. The molecule has 0 aliphatic carbocycles. The molecule has 0 atom stereocenters. The Balaban J connectivity index is 2.46. The first-order valence-corrected chi connectivity index (χ1v) is 8.31. The monoisotopic (exact) mass is 355 g/mol. The van der Waals surface area contributed by atoms with E-state index in [1.165, 1.54) is 12.1 Å². The molecule has 0 aliphatic heterocycles. The first kappa shape index (κ1) is 17.9. The van der Waals surface area contributed by atoms with Gasteiger partial charge in [-0.15, -0.1) is 0 Å². The van der Waals surface area contributed by atoms with Crippen LogP contribution in [0.1, 0.15) is 21.5 Å². The molecule has 2 aromatic carbocycles. The maximum Gasteiger partial charge on any atom is 0.340 e. The summed E-state index contributed by atoms with van der Waals surface area (Å²) in [7, 11) is -3.07. The summed E-state index contributed by atoms with van der Waals surface area (Å²) in [6.07, 6.45) is 0. The highest BCUT2D eigenvalue weighted by Gasteiger charge is 2.21. The first-order chi connectivity index (χ1) is 11.2. The lowest BCUT2D eigenvalue weighted by Crippen LogP contribution is -2.16. The summed E-state index contributed by atoms with van der Waals surface area (Å²) in [5.74, 6) is -3.33. The third kappa shape index (κ3) is 3.53. The Bertz CT molecular complexity index is 911. The van der Waals surface area contributed by atoms with Crippen molar-refractivity contribution in [3.8, 4) is 0 Å². The molecule has 0 fully saturated rings. The van der Waals surface area contributed by atoms with Gasteiger partial charge in [-0.05, 0) is 43.2 Å². The molecule has 128 valence electrons. The van der Waals surface area contributed by atoms with Crippen molar-refractivity contribution in [2.45, 2.75) is 18.7 Å². The maximum atomic E-state index is 13.9. The number of methoxy groups -OCH3 is 1. The van der Waals surface area contributed by atoms with Crippen LogP contribution in [0.5, 0.6) is 0 Å². The number of aryl methyl sites for hydroxylation is 2. The molecule has 0 bridgehead atoms. The number of rotatable bonds is 4. The highest BCUT2D eigenvalue weighted by Crippen LogP contribution is 2.24. The van der Waals surface area contributed by atoms with Gasteiger partial charge in [-0.1, -0.05) is 6.07 Å². The predicted molar refractivity (Wildman–Crippen MR) is 84.4 cm³/mol. The number of halogens is 2. The number of benzene rings is 2. The highest BCUT2D eigenvalue weighted by molar-refractivity contribution is 7.92. The number of ether oxygens (including phenoxy) is 1. The molecule has 0 aromatic heterocycles. The number of carbonyl (C=O) groups is 1. The molecule has 0 saturated carbocycles. The van der Waals surface area contributed by atoms with Crippen molar-refractivity contribution in [2.75, 3.05) is 11.8 Å². The Morgan fingerprint density at radius 2 is 1.71 bits per heavy atom. The Labute approximate surface area is 138 Å². The van der Waals surface area contributed by atoms with Crippen LogP contribution in [0.3, 0.4) is 0 Å². The van der Waals surface area contributed by atoms with Gasteiger partial charge >= 0.3 is 5.97 Å². The van der Waals surface area contributed by atoms with E-state index in [1.54, 1.807) is 13.0 Å². The van der Waals surface area contributed by atoms with Crippen LogP contribution in [0.25, 0.3) is 0 Å². The van der Waals surface area contributed by atoms with Crippen molar-refractivity contribution in [1.29, 1.82) is 0 Å². The smallest absolute Gasteiger partial charge is 0.340 e. The second kappa shape index (κ2) is 6.56. The fourth-order valence-corrected chi connectivity index (χ4v) is 3.12. The van der Waals surface area contributed by atoms with E-state index in [2.05, 4.69) is 4.74 Å². The fourth-order valence-electron chi connectivity index (χ4n) is 1.98. The summed E-state index contributed by atoms with van der Waals surface area (Å²) >= 11 is 0. The number of esters is 1. The average molecular weight is 355 g/mol. The third-order valence-corrected chi connectivity index (χ3v) is 4.86. The Morgan fingerprint density at radius 3 is 2.29 bits per heavy atom. The van der Waals surface area contributed by atoms with Gasteiger partial charge in [-0.25, -0.2) is 22.0 Å². The number of carbonyl (C=O) groups excluding carboxylic acids is 1. The molecule has 0 spiro atoms. The SMILES string of the molecule is COC(=O)c1cc(NS(=O)(=O)c2ccc(C)c(C)c2)c(F)cc1F. The number of hydrogen-bond donors (Lipinski definition) is 1. The minimum atomic E-state index is -4.10. The van der Waals surface area contributed by atoms with Crippen LogP contribution in [0.2, 0.25) is 0 Å². The molecular formula is C16H15F2NO4S. The predicted octanol–water partition coefficient (Wildman–Crippen LogP) is 3.17. The fraction of sp³-hybridized carbons (Fsp3) is 0.188. The van der Waals surface area contributed by atoms with Crippen molar-refractivity contribution in [3.05, 3.63) is 58.7 Å². The summed E-state index contributed by atoms with van der Waals surface area (Å²) < 4.78 is 58.6. The molecule has 0 amide bonds. The maximum absolute atomic E-state index is 13.9. The molecule has 0 aliphatic rings. The molecule has 0 heterocycles. The van der Waals surface area contributed by atoms with Gasteiger partial charge in [0, 0.05) is 6.07 Å². The van der Waals surface area contributed by atoms with E-state index >= 15 is 0 Å². The van der Waals surface area contributed by atoms with E-state index in [0.717, 1.165) is 24.3 Å². The second-order valence-electron chi connectivity index (χ2n) is 5.16. The number of nitrogens with one attached hydrogen (secondary N) is 1. The third-order valence-electron chi connectivity index (χ3n) is 3.50. The largest absolute Gasteiger partial charge is 0.465 e. The number of hydrogen-bond acceptors (Lipinski definition) is 4. The van der Waals surface area contributed by atoms with E-state index < -0.39 is 38.9 Å². The lowest BCUT2D eigenvalue weighted by molar-refractivity contribution is 0.0595. The van der Waals surface area contributed by atoms with Gasteiger partial charge in [0.1, 0.15) is 11.6 Å². The molecule has 0 saturated heterocycles. The van der Waals surface area contributed by atoms with Crippen LogP contribution in [0.4, 0.5) is 14.5 Å². The Morgan fingerprint density at radius 1 is 1.04 bits per heavy atom. The molecule has 5 nitrogen and oxygen atoms in total. The minimum absolute atomic E-state index is 0.0751. The second-order valence-corrected chi connectivity index (χ2v) is 6.84. The van der Waals surface area contributed by atoms with Crippen molar-refractivity contribution >= 4 is 21.7 Å². The summed E-state index contributed by atoms with van der Waals surface area (Å²) in [5.41, 5.74) is 0.523. The lowest BCUT2D eigenvalue weighted by atomic mass is 10.1. The molecule has 8 heteroatoms. The van der Waals surface area contributed by atoms with Crippen LogP contribution < -0.4 is 4.72 Å².